The minimum atomic E-state index is -5.76. The SMILES string of the molecule is NC(=S)c1ccccc1NC(=O)C(C(F)(F)F)C(F)(F)F. The molecule has 1 aromatic carbocycles. The third-order valence-corrected chi connectivity index (χ3v) is 2.59. The molecule has 0 saturated heterocycles. The third kappa shape index (κ3) is 4.31. The minimum absolute atomic E-state index is 0.0380. The smallest absolute Gasteiger partial charge is 0.389 e. The van der Waals surface area contributed by atoms with Crippen LogP contribution >= 0.6 is 12.2 Å². The average molecular weight is 330 g/mol. The van der Waals surface area contributed by atoms with E-state index in [0.29, 0.717) is 0 Å². The molecule has 0 radical (unpaired) electrons. The van der Waals surface area contributed by atoms with Crippen molar-refractivity contribution in [1.82, 2.24) is 0 Å². The number of nitrogens with two attached hydrogens (primary N) is 1. The second-order valence-electron chi connectivity index (χ2n) is 3.92. The van der Waals surface area contributed by atoms with Crippen LogP contribution in [0.1, 0.15) is 5.56 Å². The zero-order valence-electron chi connectivity index (χ0n) is 10.0. The topological polar surface area (TPSA) is 55.1 Å². The molecule has 0 atom stereocenters. The predicted molar refractivity (Wildman–Crippen MR) is 66.6 cm³/mol. The maximum Gasteiger partial charge on any atom is 0.409 e. The molecule has 0 saturated carbocycles. The van der Waals surface area contributed by atoms with E-state index in [0.717, 1.165) is 6.07 Å². The van der Waals surface area contributed by atoms with E-state index in [1.165, 1.54) is 18.2 Å². The van der Waals surface area contributed by atoms with Gasteiger partial charge in [-0.15, -0.1) is 0 Å². The van der Waals surface area contributed by atoms with Crippen LogP contribution in [0.3, 0.4) is 0 Å². The molecular weight excluding hydrogens is 322 g/mol. The van der Waals surface area contributed by atoms with E-state index in [2.05, 4.69) is 12.2 Å². The second-order valence-corrected chi connectivity index (χ2v) is 4.36. The van der Waals surface area contributed by atoms with E-state index in [9.17, 15) is 31.1 Å². The van der Waals surface area contributed by atoms with Crippen molar-refractivity contribution < 1.29 is 31.1 Å². The number of anilines is 1. The Morgan fingerprint density at radius 3 is 2.00 bits per heavy atom. The molecule has 3 N–H and O–H groups in total. The Morgan fingerprint density at radius 1 is 1.10 bits per heavy atom. The number of nitrogens with one attached hydrogen (secondary N) is 1. The Hall–Kier alpha value is -1.84. The van der Waals surface area contributed by atoms with Crippen LogP contribution in [-0.2, 0) is 4.79 Å². The molecule has 0 aliphatic carbocycles. The maximum atomic E-state index is 12.4. The quantitative estimate of drug-likeness (QED) is 0.662. The van der Waals surface area contributed by atoms with Crippen LogP contribution in [0.2, 0.25) is 0 Å². The van der Waals surface area contributed by atoms with Gasteiger partial charge in [0.25, 0.3) is 0 Å². The highest BCUT2D eigenvalue weighted by molar-refractivity contribution is 7.80. The first-order valence-corrected chi connectivity index (χ1v) is 5.68. The van der Waals surface area contributed by atoms with Crippen LogP contribution in [0.5, 0.6) is 0 Å². The third-order valence-electron chi connectivity index (χ3n) is 2.37. The van der Waals surface area contributed by atoms with Gasteiger partial charge in [0.2, 0.25) is 11.8 Å². The first-order valence-electron chi connectivity index (χ1n) is 5.27. The van der Waals surface area contributed by atoms with E-state index >= 15 is 0 Å². The largest absolute Gasteiger partial charge is 0.409 e. The number of carbonyl (C=O) groups excluding carboxylic acids is 1. The standard InChI is InChI=1S/C11H8F6N2OS/c12-10(13,14)7(11(15,16)17)9(20)19-6-4-2-1-3-5(6)8(18)21/h1-4,7H,(H2,18,21)(H,19,20). The molecule has 1 aromatic rings. The van der Waals surface area contributed by atoms with Crippen LogP contribution in [-0.4, -0.2) is 23.2 Å². The lowest BCUT2D eigenvalue weighted by molar-refractivity contribution is -0.272. The lowest BCUT2D eigenvalue weighted by atomic mass is 10.1. The second kappa shape index (κ2) is 5.88. The van der Waals surface area contributed by atoms with E-state index in [4.69, 9.17) is 5.73 Å². The molecule has 0 spiro atoms. The minimum Gasteiger partial charge on any atom is -0.389 e. The zero-order chi connectivity index (χ0) is 16.4. The molecule has 3 nitrogen and oxygen atoms in total. The number of benzene rings is 1. The van der Waals surface area contributed by atoms with Crippen LogP contribution in [0.4, 0.5) is 32.0 Å². The normalized spacial score (nSPS) is 12.3. The molecule has 0 aliphatic rings. The lowest BCUT2D eigenvalue weighted by Crippen LogP contribution is -2.45. The number of hydrogen-bond acceptors (Lipinski definition) is 2. The molecule has 21 heavy (non-hydrogen) atoms. The van der Waals surface area contributed by atoms with Gasteiger partial charge in [0.1, 0.15) is 4.99 Å². The summed E-state index contributed by atoms with van der Waals surface area (Å²) in [6.07, 6.45) is -11.5. The van der Waals surface area contributed by atoms with Crippen LogP contribution < -0.4 is 11.1 Å². The molecule has 1 amide bonds. The van der Waals surface area contributed by atoms with E-state index < -0.39 is 24.2 Å². The van der Waals surface area contributed by atoms with E-state index in [1.54, 1.807) is 5.32 Å². The zero-order valence-corrected chi connectivity index (χ0v) is 10.9. The highest BCUT2D eigenvalue weighted by Gasteiger charge is 2.61. The van der Waals surface area contributed by atoms with Gasteiger partial charge in [-0.3, -0.25) is 4.79 Å². The number of carbonyl (C=O) groups is 1. The van der Waals surface area contributed by atoms with Crippen molar-refractivity contribution in [3.8, 4) is 0 Å². The van der Waals surface area contributed by atoms with Gasteiger partial charge in [-0.2, -0.15) is 26.3 Å². The average Bonchev–Trinajstić information content (AvgIpc) is 2.24. The van der Waals surface area contributed by atoms with Crippen molar-refractivity contribution >= 4 is 28.8 Å². The highest BCUT2D eigenvalue weighted by atomic mass is 32.1. The summed E-state index contributed by atoms with van der Waals surface area (Å²) in [5.41, 5.74) is 4.91. The summed E-state index contributed by atoms with van der Waals surface area (Å²) >= 11 is 4.60. The summed E-state index contributed by atoms with van der Waals surface area (Å²) in [5, 5.41) is 1.56. The number of para-hydroxylation sites is 1. The Morgan fingerprint density at radius 2 is 1.57 bits per heavy atom. The molecule has 0 heterocycles. The molecule has 0 unspecified atom stereocenters. The fourth-order valence-corrected chi connectivity index (χ4v) is 1.67. The van der Waals surface area contributed by atoms with Crippen LogP contribution in [0.15, 0.2) is 24.3 Å². The van der Waals surface area contributed by atoms with Crippen LogP contribution in [0, 0.1) is 5.92 Å². The van der Waals surface area contributed by atoms with Crippen LogP contribution in [0.25, 0.3) is 0 Å². The summed E-state index contributed by atoms with van der Waals surface area (Å²) in [4.78, 5) is 11.1. The molecule has 10 heteroatoms. The van der Waals surface area contributed by atoms with Gasteiger partial charge in [0, 0.05) is 5.56 Å². The summed E-state index contributed by atoms with van der Waals surface area (Å²) in [5.74, 6) is -6.39. The van der Waals surface area contributed by atoms with Crippen molar-refractivity contribution in [3.63, 3.8) is 0 Å². The van der Waals surface area contributed by atoms with Gasteiger partial charge in [-0.25, -0.2) is 0 Å². The summed E-state index contributed by atoms with van der Waals surface area (Å²) in [6.45, 7) is 0. The monoisotopic (exact) mass is 330 g/mol. The van der Waals surface area contributed by atoms with Crippen molar-refractivity contribution in [3.05, 3.63) is 29.8 Å². The Balaban J connectivity index is 3.12. The number of alkyl halides is 6. The van der Waals surface area contributed by atoms with Crippen molar-refractivity contribution in [2.24, 2.45) is 11.7 Å². The van der Waals surface area contributed by atoms with E-state index in [-0.39, 0.29) is 16.2 Å². The summed E-state index contributed by atoms with van der Waals surface area (Å²) < 4.78 is 74.4. The van der Waals surface area contributed by atoms with Crippen molar-refractivity contribution in [2.75, 3.05) is 5.32 Å². The van der Waals surface area contributed by atoms with Gasteiger partial charge in [-0.05, 0) is 12.1 Å². The number of thiocarbonyl (C=S) groups is 1. The fourth-order valence-electron chi connectivity index (χ4n) is 1.49. The van der Waals surface area contributed by atoms with Gasteiger partial charge >= 0.3 is 12.4 Å². The molecular formula is C11H8F6N2OS. The summed E-state index contributed by atoms with van der Waals surface area (Å²) in [6, 6.07) is 5.06. The Bertz CT molecular complexity index is 540. The van der Waals surface area contributed by atoms with Gasteiger partial charge in [-0.1, -0.05) is 24.4 Å². The highest BCUT2D eigenvalue weighted by Crippen LogP contribution is 2.40. The predicted octanol–water partition coefficient (Wildman–Crippen LogP) is 3.00. The Labute approximate surface area is 120 Å². The molecule has 0 aromatic heterocycles. The first-order chi connectivity index (χ1) is 9.44. The summed E-state index contributed by atoms with van der Waals surface area (Å²) in [7, 11) is 0. The number of halogens is 6. The molecule has 0 aliphatic heterocycles. The Kier molecular flexibility index (Phi) is 4.82. The van der Waals surface area contributed by atoms with Crippen molar-refractivity contribution in [2.45, 2.75) is 12.4 Å². The first kappa shape index (κ1) is 17.2. The molecule has 0 fully saturated rings. The van der Waals surface area contributed by atoms with Gasteiger partial charge < -0.3 is 11.1 Å². The lowest BCUT2D eigenvalue weighted by Gasteiger charge is -2.22. The fraction of sp³-hybridized carbons (Fsp3) is 0.273. The number of hydrogen-bond donors (Lipinski definition) is 2. The molecule has 0 bridgehead atoms. The number of rotatable bonds is 3. The van der Waals surface area contributed by atoms with E-state index in [1.807, 2.05) is 0 Å². The number of amides is 1. The van der Waals surface area contributed by atoms with Gasteiger partial charge in [0.05, 0.1) is 5.69 Å². The molecule has 1 rings (SSSR count). The van der Waals surface area contributed by atoms with Crippen molar-refractivity contribution in [1.29, 1.82) is 0 Å². The maximum absolute atomic E-state index is 12.4. The molecule has 116 valence electrons. The van der Waals surface area contributed by atoms with Gasteiger partial charge in [0.15, 0.2) is 0 Å².